The molecule has 3 nitrogen and oxygen atoms in total. The van der Waals surface area contributed by atoms with Crippen LogP contribution in [0.15, 0.2) is 36.5 Å². The molecule has 0 aliphatic heterocycles. The smallest absolute Gasteiger partial charge is 0.340 e. The van der Waals surface area contributed by atoms with E-state index < -0.39 is 5.97 Å². The summed E-state index contributed by atoms with van der Waals surface area (Å²) in [5, 5.41) is 0. The van der Waals surface area contributed by atoms with Crippen LogP contribution in [0.2, 0.25) is 0 Å². The van der Waals surface area contributed by atoms with Crippen LogP contribution in [-0.2, 0) is 4.74 Å². The monoisotopic (exact) mass is 251 g/mol. The third-order valence-corrected chi connectivity index (χ3v) is 2.82. The number of hydrogen-bond acceptors (Lipinski definition) is 3. The highest BCUT2D eigenvalue weighted by Gasteiger charge is 2.15. The second kappa shape index (κ2) is 5.36. The number of rotatable bonds is 2. The Kier molecular flexibility index (Phi) is 3.63. The van der Waals surface area contributed by atoms with E-state index in [1.54, 1.807) is 0 Å². The summed E-state index contributed by atoms with van der Waals surface area (Å²) in [4.78, 5) is 15.9. The van der Waals surface area contributed by atoms with Crippen molar-refractivity contribution < 1.29 is 9.53 Å². The maximum atomic E-state index is 11.8. The summed E-state index contributed by atoms with van der Waals surface area (Å²) in [6.07, 6.45) is 7.02. The molecular weight excluding hydrogens is 238 g/mol. The maximum absolute atomic E-state index is 11.8. The molecule has 0 saturated carbocycles. The van der Waals surface area contributed by atoms with Crippen molar-refractivity contribution in [2.75, 3.05) is 7.11 Å². The molecule has 0 atom stereocenters. The minimum Gasteiger partial charge on any atom is -0.465 e. The average molecular weight is 251 g/mol. The Bertz CT molecular complexity index is 669. The van der Waals surface area contributed by atoms with Crippen LogP contribution in [0, 0.1) is 19.3 Å². The van der Waals surface area contributed by atoms with Crippen molar-refractivity contribution in [1.82, 2.24) is 4.98 Å². The zero-order chi connectivity index (χ0) is 13.8. The number of carbonyl (C=O) groups excluding carboxylic acids is 1. The van der Waals surface area contributed by atoms with Gasteiger partial charge in [-0.05, 0) is 24.6 Å². The number of hydrogen-bond donors (Lipinski definition) is 0. The number of terminal acetylenes is 1. The molecule has 0 unspecified atom stereocenters. The number of esters is 1. The minimum absolute atomic E-state index is 0.413. The van der Waals surface area contributed by atoms with E-state index in [2.05, 4.69) is 10.9 Å². The summed E-state index contributed by atoms with van der Waals surface area (Å²) in [6.45, 7) is 1.86. The molecule has 0 aliphatic rings. The molecule has 1 heterocycles. The molecule has 0 aliphatic carbocycles. The number of methoxy groups -OCH3 is 1. The van der Waals surface area contributed by atoms with Gasteiger partial charge in [-0.25, -0.2) is 4.79 Å². The molecule has 0 spiro atoms. The van der Waals surface area contributed by atoms with Gasteiger partial charge in [0.1, 0.15) is 0 Å². The van der Waals surface area contributed by atoms with Crippen molar-refractivity contribution in [3.8, 4) is 23.5 Å². The Hall–Kier alpha value is -2.60. The summed E-state index contributed by atoms with van der Waals surface area (Å²) in [5.41, 5.74) is 3.53. The van der Waals surface area contributed by atoms with Gasteiger partial charge in [0, 0.05) is 23.0 Å². The lowest BCUT2D eigenvalue weighted by Gasteiger charge is -2.10. The van der Waals surface area contributed by atoms with Crippen LogP contribution in [0.3, 0.4) is 0 Å². The van der Waals surface area contributed by atoms with Gasteiger partial charge in [0.25, 0.3) is 0 Å². The molecule has 0 bridgehead atoms. The van der Waals surface area contributed by atoms with Crippen LogP contribution in [-0.4, -0.2) is 18.1 Å². The zero-order valence-corrected chi connectivity index (χ0v) is 10.8. The second-order valence-electron chi connectivity index (χ2n) is 4.05. The Labute approximate surface area is 112 Å². The first kappa shape index (κ1) is 12.8. The van der Waals surface area contributed by atoms with E-state index in [1.165, 1.54) is 13.3 Å². The number of carbonyl (C=O) groups is 1. The number of nitrogens with zero attached hydrogens (tertiary/aromatic N) is 1. The van der Waals surface area contributed by atoms with Crippen LogP contribution < -0.4 is 0 Å². The molecule has 1 aromatic carbocycles. The fourth-order valence-electron chi connectivity index (χ4n) is 1.90. The molecule has 0 amide bonds. The lowest BCUT2D eigenvalue weighted by Crippen LogP contribution is -2.05. The largest absolute Gasteiger partial charge is 0.465 e. The lowest BCUT2D eigenvalue weighted by atomic mass is 9.96. The number of aromatic nitrogens is 1. The van der Waals surface area contributed by atoms with Gasteiger partial charge in [0.2, 0.25) is 0 Å². The van der Waals surface area contributed by atoms with Crippen molar-refractivity contribution in [2.45, 2.75) is 6.92 Å². The highest BCUT2D eigenvalue weighted by Crippen LogP contribution is 2.27. The summed E-state index contributed by atoms with van der Waals surface area (Å²) in [5.74, 6) is 2.20. The van der Waals surface area contributed by atoms with Gasteiger partial charge in [0.15, 0.2) is 0 Å². The molecule has 0 radical (unpaired) electrons. The van der Waals surface area contributed by atoms with Gasteiger partial charge in [-0.3, -0.25) is 4.98 Å². The van der Waals surface area contributed by atoms with Crippen LogP contribution in [0.4, 0.5) is 0 Å². The highest BCUT2D eigenvalue weighted by atomic mass is 16.5. The van der Waals surface area contributed by atoms with E-state index in [1.807, 2.05) is 37.3 Å². The first-order chi connectivity index (χ1) is 9.17. The van der Waals surface area contributed by atoms with Crippen LogP contribution in [0.5, 0.6) is 0 Å². The molecule has 3 heteroatoms. The standard InChI is InChI=1S/C16H13NO2/c1-4-12-7-5-6-8-13(12)14-9-11(2)17-10-15(14)16(18)19-3/h1,5-10H,2-3H3. The fraction of sp³-hybridized carbons (Fsp3) is 0.125. The lowest BCUT2D eigenvalue weighted by molar-refractivity contribution is 0.0601. The molecule has 19 heavy (non-hydrogen) atoms. The molecule has 0 N–H and O–H groups in total. The third-order valence-electron chi connectivity index (χ3n) is 2.82. The molecule has 1 aromatic heterocycles. The van der Waals surface area contributed by atoms with Gasteiger partial charge in [-0.2, -0.15) is 0 Å². The number of ether oxygens (including phenoxy) is 1. The first-order valence-electron chi connectivity index (χ1n) is 5.78. The topological polar surface area (TPSA) is 39.2 Å². The predicted octanol–water partition coefficient (Wildman–Crippen LogP) is 2.82. The van der Waals surface area contributed by atoms with E-state index >= 15 is 0 Å². The first-order valence-corrected chi connectivity index (χ1v) is 5.78. The Morgan fingerprint density at radius 2 is 2.05 bits per heavy atom. The van der Waals surface area contributed by atoms with E-state index in [0.29, 0.717) is 5.56 Å². The van der Waals surface area contributed by atoms with Crippen molar-refractivity contribution >= 4 is 5.97 Å². The van der Waals surface area contributed by atoms with E-state index in [0.717, 1.165) is 22.4 Å². The summed E-state index contributed by atoms with van der Waals surface area (Å²) < 4.78 is 4.78. The Balaban J connectivity index is 2.71. The SMILES string of the molecule is C#Cc1ccccc1-c1cc(C)ncc1C(=O)OC. The summed E-state index contributed by atoms with van der Waals surface area (Å²) >= 11 is 0. The molecule has 94 valence electrons. The number of benzene rings is 1. The average Bonchev–Trinajstić information content (AvgIpc) is 2.46. The molecule has 0 fully saturated rings. The van der Waals surface area contributed by atoms with Crippen molar-refractivity contribution in [3.05, 3.63) is 53.3 Å². The normalized spacial score (nSPS) is 9.74. The van der Waals surface area contributed by atoms with Gasteiger partial charge < -0.3 is 4.74 Å². The Morgan fingerprint density at radius 3 is 2.74 bits per heavy atom. The predicted molar refractivity (Wildman–Crippen MR) is 73.7 cm³/mol. The van der Waals surface area contributed by atoms with E-state index in [-0.39, 0.29) is 0 Å². The summed E-state index contributed by atoms with van der Waals surface area (Å²) in [6, 6.07) is 9.31. The fourth-order valence-corrected chi connectivity index (χ4v) is 1.90. The van der Waals surface area contributed by atoms with Gasteiger partial charge in [-0.15, -0.1) is 6.42 Å². The number of pyridine rings is 1. The highest BCUT2D eigenvalue weighted by molar-refractivity contribution is 5.97. The van der Waals surface area contributed by atoms with Crippen molar-refractivity contribution in [3.63, 3.8) is 0 Å². The van der Waals surface area contributed by atoms with Crippen LogP contribution in [0.25, 0.3) is 11.1 Å². The molecule has 0 saturated heterocycles. The number of aryl methyl sites for hydroxylation is 1. The van der Waals surface area contributed by atoms with Gasteiger partial charge in [-0.1, -0.05) is 24.1 Å². The molecular formula is C16H13NO2. The zero-order valence-electron chi connectivity index (χ0n) is 10.8. The van der Waals surface area contributed by atoms with E-state index in [9.17, 15) is 4.79 Å². The quantitative estimate of drug-likeness (QED) is 0.608. The minimum atomic E-state index is -0.422. The Morgan fingerprint density at radius 1 is 1.32 bits per heavy atom. The van der Waals surface area contributed by atoms with Gasteiger partial charge in [0.05, 0.1) is 12.7 Å². The summed E-state index contributed by atoms with van der Waals surface area (Å²) in [7, 11) is 1.35. The third kappa shape index (κ3) is 2.48. The van der Waals surface area contributed by atoms with Crippen molar-refractivity contribution in [2.24, 2.45) is 0 Å². The molecule has 2 aromatic rings. The van der Waals surface area contributed by atoms with E-state index in [4.69, 9.17) is 11.2 Å². The maximum Gasteiger partial charge on any atom is 0.340 e. The van der Waals surface area contributed by atoms with Crippen LogP contribution >= 0.6 is 0 Å². The van der Waals surface area contributed by atoms with Crippen molar-refractivity contribution in [1.29, 1.82) is 0 Å². The molecule has 2 rings (SSSR count). The van der Waals surface area contributed by atoms with Gasteiger partial charge >= 0.3 is 5.97 Å². The second-order valence-corrected chi connectivity index (χ2v) is 4.05. The van der Waals surface area contributed by atoms with Crippen LogP contribution in [0.1, 0.15) is 21.6 Å².